The summed E-state index contributed by atoms with van der Waals surface area (Å²) in [5.41, 5.74) is 6.62. The maximum atomic E-state index is 9.67. The lowest BCUT2D eigenvalue weighted by Crippen LogP contribution is -2.10. The standard InChI is InChI=1S/C30H33N3OS/c1-20-11-12-24(32-18-20)19-34-26-14-13-25-27(21(26)2)29(35-30(3,4)5)28(33-25)23(15-16-31)17-22-9-7-6-8-10-22/h6-14,18,23,33H,15,17,19H2,1-5H3. The largest absolute Gasteiger partial charge is 0.487 e. The number of nitriles is 1. The molecule has 1 atom stereocenters. The van der Waals surface area contributed by atoms with Crippen molar-refractivity contribution in [2.75, 3.05) is 0 Å². The van der Waals surface area contributed by atoms with E-state index in [-0.39, 0.29) is 10.7 Å². The van der Waals surface area contributed by atoms with Crippen LogP contribution in [0.4, 0.5) is 0 Å². The Balaban J connectivity index is 1.75. The summed E-state index contributed by atoms with van der Waals surface area (Å²) in [4.78, 5) is 9.40. The Morgan fingerprint density at radius 3 is 2.49 bits per heavy atom. The molecule has 2 aromatic carbocycles. The second-order valence-electron chi connectivity index (χ2n) is 10.1. The van der Waals surface area contributed by atoms with Crippen LogP contribution in [0.3, 0.4) is 0 Å². The Bertz CT molecular complexity index is 1330. The molecule has 2 aromatic heterocycles. The molecule has 0 aliphatic heterocycles. The van der Waals surface area contributed by atoms with Gasteiger partial charge >= 0.3 is 0 Å². The van der Waals surface area contributed by atoms with E-state index in [1.54, 1.807) is 0 Å². The molecule has 1 unspecified atom stereocenters. The average molecular weight is 484 g/mol. The van der Waals surface area contributed by atoms with Gasteiger partial charge in [0, 0.05) is 50.3 Å². The molecule has 0 bridgehead atoms. The van der Waals surface area contributed by atoms with E-state index in [1.165, 1.54) is 15.8 Å². The zero-order chi connectivity index (χ0) is 25.0. The number of hydrogen-bond acceptors (Lipinski definition) is 4. The number of benzene rings is 2. The van der Waals surface area contributed by atoms with E-state index in [2.05, 4.69) is 80.1 Å². The number of nitrogens with zero attached hydrogens (tertiary/aromatic N) is 2. The van der Waals surface area contributed by atoms with Crippen molar-refractivity contribution in [2.45, 2.75) is 69.6 Å². The molecular weight excluding hydrogens is 450 g/mol. The maximum Gasteiger partial charge on any atom is 0.130 e. The minimum atomic E-state index is 0.0168. The summed E-state index contributed by atoms with van der Waals surface area (Å²) in [7, 11) is 0. The van der Waals surface area contributed by atoms with Gasteiger partial charge in [0.1, 0.15) is 12.4 Å². The van der Waals surface area contributed by atoms with Gasteiger partial charge in [-0.2, -0.15) is 5.26 Å². The zero-order valence-corrected chi connectivity index (χ0v) is 22.0. The molecule has 4 aromatic rings. The van der Waals surface area contributed by atoms with Gasteiger partial charge in [-0.25, -0.2) is 0 Å². The second kappa shape index (κ2) is 10.6. The van der Waals surface area contributed by atoms with Crippen LogP contribution in [-0.4, -0.2) is 14.7 Å². The highest BCUT2D eigenvalue weighted by Gasteiger charge is 2.26. The van der Waals surface area contributed by atoms with E-state index in [0.29, 0.717) is 13.0 Å². The molecule has 5 heteroatoms. The molecular formula is C30H33N3OS. The molecule has 0 radical (unpaired) electrons. The lowest BCUT2D eigenvalue weighted by atomic mass is 9.93. The lowest BCUT2D eigenvalue weighted by molar-refractivity contribution is 0.299. The quantitative estimate of drug-likeness (QED) is 0.259. The molecule has 0 aliphatic rings. The third-order valence-electron chi connectivity index (χ3n) is 5.98. The lowest BCUT2D eigenvalue weighted by Gasteiger charge is -2.22. The van der Waals surface area contributed by atoms with Crippen molar-refractivity contribution in [3.8, 4) is 11.8 Å². The van der Waals surface area contributed by atoms with Gasteiger partial charge in [0.2, 0.25) is 0 Å². The first-order valence-electron chi connectivity index (χ1n) is 12.0. The number of aryl methyl sites for hydroxylation is 2. The van der Waals surface area contributed by atoms with Crippen LogP contribution in [-0.2, 0) is 13.0 Å². The number of ether oxygens (including phenoxy) is 1. The van der Waals surface area contributed by atoms with Gasteiger partial charge in [-0.3, -0.25) is 4.98 Å². The van der Waals surface area contributed by atoms with Crippen molar-refractivity contribution in [3.05, 3.63) is 88.9 Å². The van der Waals surface area contributed by atoms with Crippen molar-refractivity contribution in [1.82, 2.24) is 9.97 Å². The number of H-pyrrole nitrogens is 1. The predicted octanol–water partition coefficient (Wildman–Crippen LogP) is 7.89. The predicted molar refractivity (Wildman–Crippen MR) is 145 cm³/mol. The topological polar surface area (TPSA) is 61.7 Å². The summed E-state index contributed by atoms with van der Waals surface area (Å²) >= 11 is 1.86. The molecule has 180 valence electrons. The van der Waals surface area contributed by atoms with Gasteiger partial charge in [0.25, 0.3) is 0 Å². The van der Waals surface area contributed by atoms with E-state index < -0.39 is 0 Å². The highest BCUT2D eigenvalue weighted by molar-refractivity contribution is 8.00. The van der Waals surface area contributed by atoms with Crippen molar-refractivity contribution in [2.24, 2.45) is 0 Å². The molecule has 0 amide bonds. The monoisotopic (exact) mass is 483 g/mol. The van der Waals surface area contributed by atoms with Gasteiger partial charge in [-0.05, 0) is 49.6 Å². The van der Waals surface area contributed by atoms with Gasteiger partial charge in [0.05, 0.1) is 11.8 Å². The van der Waals surface area contributed by atoms with Gasteiger partial charge < -0.3 is 9.72 Å². The van der Waals surface area contributed by atoms with E-state index in [9.17, 15) is 5.26 Å². The first-order valence-corrected chi connectivity index (χ1v) is 12.9. The van der Waals surface area contributed by atoms with Crippen LogP contribution < -0.4 is 4.74 Å². The molecule has 4 rings (SSSR count). The number of aromatic amines is 1. The summed E-state index contributed by atoms with van der Waals surface area (Å²) in [5.74, 6) is 0.946. The first kappa shape index (κ1) is 24.9. The molecule has 0 spiro atoms. The summed E-state index contributed by atoms with van der Waals surface area (Å²) in [6.07, 6.45) is 3.15. The van der Waals surface area contributed by atoms with E-state index in [4.69, 9.17) is 4.74 Å². The minimum absolute atomic E-state index is 0.0168. The van der Waals surface area contributed by atoms with Crippen molar-refractivity contribution < 1.29 is 4.74 Å². The summed E-state index contributed by atoms with van der Waals surface area (Å²) in [6, 6.07) is 21.1. The zero-order valence-electron chi connectivity index (χ0n) is 21.2. The summed E-state index contributed by atoms with van der Waals surface area (Å²) in [5, 5.41) is 10.9. The second-order valence-corrected chi connectivity index (χ2v) is 11.9. The van der Waals surface area contributed by atoms with Crippen LogP contribution in [0.1, 0.15) is 61.2 Å². The number of pyridine rings is 1. The van der Waals surface area contributed by atoms with Crippen molar-refractivity contribution in [3.63, 3.8) is 0 Å². The number of fused-ring (bicyclic) bond motifs is 1. The van der Waals surface area contributed by atoms with Crippen LogP contribution in [0, 0.1) is 25.2 Å². The average Bonchev–Trinajstić information content (AvgIpc) is 3.17. The number of rotatable bonds is 8. The SMILES string of the molecule is Cc1ccc(COc2ccc3[nH]c(C(CC#N)Cc4ccccc4)c(SC(C)(C)C)c3c2C)nc1. The number of nitrogens with one attached hydrogen (secondary N) is 1. The molecule has 35 heavy (non-hydrogen) atoms. The van der Waals surface area contributed by atoms with Crippen LogP contribution >= 0.6 is 11.8 Å². The number of thioether (sulfide) groups is 1. The smallest absolute Gasteiger partial charge is 0.130 e. The Morgan fingerprint density at radius 2 is 1.83 bits per heavy atom. The highest BCUT2D eigenvalue weighted by atomic mass is 32.2. The third kappa shape index (κ3) is 6.07. The molecule has 1 N–H and O–H groups in total. The fourth-order valence-corrected chi connectivity index (χ4v) is 5.61. The number of hydrogen-bond donors (Lipinski definition) is 1. The summed E-state index contributed by atoms with van der Waals surface area (Å²) < 4.78 is 6.25. The Morgan fingerprint density at radius 1 is 1.06 bits per heavy atom. The van der Waals surface area contributed by atoms with Crippen LogP contribution in [0.25, 0.3) is 10.9 Å². The molecule has 4 nitrogen and oxygen atoms in total. The Hall–Kier alpha value is -3.23. The van der Waals surface area contributed by atoms with E-state index in [1.807, 2.05) is 43.1 Å². The molecule has 2 heterocycles. The Kier molecular flexibility index (Phi) is 7.52. The normalized spacial score (nSPS) is 12.5. The number of aromatic nitrogens is 2. The molecule has 0 fully saturated rings. The van der Waals surface area contributed by atoms with E-state index in [0.717, 1.165) is 40.2 Å². The third-order valence-corrected chi connectivity index (χ3v) is 7.22. The first-order chi connectivity index (χ1) is 16.7. The fourth-order valence-electron chi connectivity index (χ4n) is 4.30. The maximum absolute atomic E-state index is 9.67. The van der Waals surface area contributed by atoms with E-state index >= 15 is 0 Å². The fraction of sp³-hybridized carbons (Fsp3) is 0.333. The van der Waals surface area contributed by atoms with Gasteiger partial charge in [-0.1, -0.05) is 57.2 Å². The minimum Gasteiger partial charge on any atom is -0.487 e. The van der Waals surface area contributed by atoms with Crippen LogP contribution in [0.5, 0.6) is 5.75 Å². The molecule has 0 saturated heterocycles. The molecule has 0 saturated carbocycles. The van der Waals surface area contributed by atoms with Crippen LogP contribution in [0.15, 0.2) is 65.7 Å². The van der Waals surface area contributed by atoms with Gasteiger partial charge in [-0.15, -0.1) is 11.8 Å². The van der Waals surface area contributed by atoms with Crippen molar-refractivity contribution >= 4 is 22.7 Å². The molecule has 0 aliphatic carbocycles. The van der Waals surface area contributed by atoms with Gasteiger partial charge in [0.15, 0.2) is 0 Å². The van der Waals surface area contributed by atoms with Crippen molar-refractivity contribution in [1.29, 1.82) is 5.26 Å². The Labute approximate surface area is 212 Å². The van der Waals surface area contributed by atoms with Crippen LogP contribution in [0.2, 0.25) is 0 Å². The summed E-state index contributed by atoms with van der Waals surface area (Å²) in [6.45, 7) is 11.3. The highest BCUT2D eigenvalue weighted by Crippen LogP contribution is 2.45.